The van der Waals surface area contributed by atoms with E-state index in [4.69, 9.17) is 16.3 Å². The van der Waals surface area contributed by atoms with E-state index in [0.29, 0.717) is 19.1 Å². The normalized spacial score (nSPS) is 12.8. The molecule has 1 N–H and O–H groups in total. The second-order valence-corrected chi connectivity index (χ2v) is 6.53. The number of ether oxygens (including phenoxy) is 1. The highest BCUT2D eigenvalue weighted by Crippen LogP contribution is 2.38. The van der Waals surface area contributed by atoms with Gasteiger partial charge in [-0.05, 0) is 20.8 Å². The van der Waals surface area contributed by atoms with Crippen molar-refractivity contribution in [1.29, 1.82) is 0 Å². The van der Waals surface area contributed by atoms with Crippen molar-refractivity contribution in [2.75, 3.05) is 5.32 Å². The highest BCUT2D eigenvalue weighted by molar-refractivity contribution is 6.33. The molecular formula is C17H14ClF6N3O2. The number of carbonyl (C=O) groups is 1. The number of hydrogen-bond donors (Lipinski definition) is 1. The minimum atomic E-state index is -4.77. The van der Waals surface area contributed by atoms with Crippen LogP contribution >= 0.6 is 11.6 Å². The minimum Gasteiger partial charge on any atom is -0.457 e. The lowest BCUT2D eigenvalue weighted by atomic mass is 10.1. The largest absolute Gasteiger partial charge is 0.457 e. The van der Waals surface area contributed by atoms with Crippen molar-refractivity contribution in [3.63, 3.8) is 0 Å². The summed E-state index contributed by atoms with van der Waals surface area (Å²) < 4.78 is 85.5. The van der Waals surface area contributed by atoms with Crippen molar-refractivity contribution >= 4 is 23.4 Å². The fraction of sp³-hybridized carbons (Fsp3) is 0.353. The van der Waals surface area contributed by atoms with Gasteiger partial charge in [0.25, 0.3) is 0 Å². The number of halogens is 7. The Labute approximate surface area is 166 Å². The summed E-state index contributed by atoms with van der Waals surface area (Å²) in [7, 11) is 0. The van der Waals surface area contributed by atoms with Gasteiger partial charge >= 0.3 is 12.1 Å². The smallest absolute Gasteiger partial charge is 0.408 e. The molecule has 5 nitrogen and oxygen atoms in total. The van der Waals surface area contributed by atoms with Crippen molar-refractivity contribution < 1.29 is 35.9 Å². The predicted octanol–water partition coefficient (Wildman–Crippen LogP) is 5.14. The highest BCUT2D eigenvalue weighted by Gasteiger charge is 2.37. The van der Waals surface area contributed by atoms with E-state index in [0.717, 1.165) is 0 Å². The zero-order valence-corrected chi connectivity index (χ0v) is 15.9. The second kappa shape index (κ2) is 8.44. The first-order valence-electron chi connectivity index (χ1n) is 8.08. The number of alkyl halides is 3. The van der Waals surface area contributed by atoms with Crippen LogP contribution in [-0.4, -0.2) is 34.3 Å². The lowest BCUT2D eigenvalue weighted by Crippen LogP contribution is -2.34. The average Bonchev–Trinajstić information content (AvgIpc) is 2.54. The van der Waals surface area contributed by atoms with Gasteiger partial charge in [0.2, 0.25) is 5.82 Å². The third kappa shape index (κ3) is 5.28. The molecule has 0 aliphatic heterocycles. The summed E-state index contributed by atoms with van der Waals surface area (Å²) in [5.74, 6) is -6.78. The molecule has 1 aromatic carbocycles. The third-order valence-corrected chi connectivity index (χ3v) is 3.76. The van der Waals surface area contributed by atoms with Gasteiger partial charge in [0.15, 0.2) is 0 Å². The Hall–Kier alpha value is -2.56. The molecule has 0 saturated carbocycles. The van der Waals surface area contributed by atoms with Gasteiger partial charge in [-0.15, -0.1) is 0 Å². The lowest BCUT2D eigenvalue weighted by molar-refractivity contribution is -0.138. The first kappa shape index (κ1) is 22.7. The Balaban J connectivity index is 2.71. The molecule has 0 bridgehead atoms. The molecule has 29 heavy (non-hydrogen) atoms. The Bertz CT molecular complexity index is 913. The van der Waals surface area contributed by atoms with Gasteiger partial charge in [0, 0.05) is 12.1 Å². The molecule has 0 aliphatic rings. The Morgan fingerprint density at radius 3 is 2.10 bits per heavy atom. The van der Waals surface area contributed by atoms with Gasteiger partial charge in [-0.3, -0.25) is 0 Å². The third-order valence-electron chi connectivity index (χ3n) is 3.49. The zero-order chi connectivity index (χ0) is 22.1. The molecule has 1 atom stereocenters. The summed E-state index contributed by atoms with van der Waals surface area (Å²) in [4.78, 5) is 19.2. The van der Waals surface area contributed by atoms with Gasteiger partial charge in [0.1, 0.15) is 34.5 Å². The number of aromatic nitrogens is 2. The maximum atomic E-state index is 14.2. The van der Waals surface area contributed by atoms with Crippen molar-refractivity contribution in [3.8, 4) is 11.1 Å². The van der Waals surface area contributed by atoms with E-state index < -0.39 is 69.7 Å². The SMILES string of the molecule is CC(C)OC(=O)c1nc(Cl)c(-c2c(F)cc(F)cc2F)c(NC(C)C(F)(F)F)n1. The van der Waals surface area contributed by atoms with Crippen LogP contribution in [0.2, 0.25) is 5.15 Å². The van der Waals surface area contributed by atoms with Gasteiger partial charge in [-0.1, -0.05) is 11.6 Å². The van der Waals surface area contributed by atoms with E-state index in [9.17, 15) is 31.1 Å². The molecule has 0 amide bonds. The van der Waals surface area contributed by atoms with Crippen molar-refractivity contribution in [2.24, 2.45) is 0 Å². The van der Waals surface area contributed by atoms with Crippen LogP contribution in [0.25, 0.3) is 11.1 Å². The Morgan fingerprint density at radius 2 is 1.62 bits per heavy atom. The molecule has 1 heterocycles. The molecule has 12 heteroatoms. The van der Waals surface area contributed by atoms with E-state index in [1.165, 1.54) is 13.8 Å². The molecule has 158 valence electrons. The Kier molecular flexibility index (Phi) is 6.61. The van der Waals surface area contributed by atoms with E-state index in [1.54, 1.807) is 0 Å². The molecule has 2 rings (SSSR count). The van der Waals surface area contributed by atoms with Crippen LogP contribution in [0.15, 0.2) is 12.1 Å². The summed E-state index contributed by atoms with van der Waals surface area (Å²) in [6.07, 6.45) is -5.38. The topological polar surface area (TPSA) is 64.1 Å². The number of benzene rings is 1. The highest BCUT2D eigenvalue weighted by atomic mass is 35.5. The van der Waals surface area contributed by atoms with E-state index in [2.05, 4.69) is 9.97 Å². The number of rotatable bonds is 5. The number of hydrogen-bond acceptors (Lipinski definition) is 5. The van der Waals surface area contributed by atoms with Crippen LogP contribution in [0.5, 0.6) is 0 Å². The van der Waals surface area contributed by atoms with Crippen LogP contribution < -0.4 is 5.32 Å². The number of nitrogens with one attached hydrogen (secondary N) is 1. The van der Waals surface area contributed by atoms with Gasteiger partial charge < -0.3 is 10.1 Å². The zero-order valence-electron chi connectivity index (χ0n) is 15.2. The number of nitrogens with zero attached hydrogens (tertiary/aromatic N) is 2. The monoisotopic (exact) mass is 441 g/mol. The number of esters is 1. The molecule has 1 aromatic heterocycles. The fourth-order valence-electron chi connectivity index (χ4n) is 2.19. The molecule has 0 spiro atoms. The predicted molar refractivity (Wildman–Crippen MR) is 92.0 cm³/mol. The summed E-state index contributed by atoms with van der Waals surface area (Å²) in [6, 6.07) is -1.62. The molecule has 0 aliphatic carbocycles. The van der Waals surface area contributed by atoms with E-state index in [1.807, 2.05) is 5.32 Å². The van der Waals surface area contributed by atoms with Crippen LogP contribution in [0.4, 0.5) is 32.2 Å². The van der Waals surface area contributed by atoms with Crippen molar-refractivity contribution in [1.82, 2.24) is 9.97 Å². The first-order chi connectivity index (χ1) is 13.3. The second-order valence-electron chi connectivity index (χ2n) is 6.17. The van der Waals surface area contributed by atoms with Gasteiger partial charge in [-0.2, -0.15) is 13.2 Å². The van der Waals surface area contributed by atoms with Crippen LogP contribution in [-0.2, 0) is 4.74 Å². The van der Waals surface area contributed by atoms with E-state index >= 15 is 0 Å². The minimum absolute atomic E-state index is 0.312. The summed E-state index contributed by atoms with van der Waals surface area (Å²) in [6.45, 7) is 3.72. The molecule has 0 saturated heterocycles. The molecular weight excluding hydrogens is 428 g/mol. The van der Waals surface area contributed by atoms with Crippen LogP contribution in [0.3, 0.4) is 0 Å². The maximum Gasteiger partial charge on any atom is 0.408 e. The van der Waals surface area contributed by atoms with Gasteiger partial charge in [0.05, 0.1) is 17.2 Å². The van der Waals surface area contributed by atoms with E-state index in [-0.39, 0.29) is 0 Å². The number of anilines is 1. The van der Waals surface area contributed by atoms with Crippen molar-refractivity contribution in [3.05, 3.63) is 40.6 Å². The first-order valence-corrected chi connectivity index (χ1v) is 8.45. The molecule has 1 unspecified atom stereocenters. The molecule has 2 aromatic rings. The molecule has 0 radical (unpaired) electrons. The standard InChI is InChI=1S/C17H14ClF6N3O2/c1-6(2)29-16(28)15-26-13(18)12(11-9(20)4-8(19)5-10(11)21)14(27-15)25-7(3)17(22,23)24/h4-7H,1-3H3,(H,25,26,27). The molecule has 0 fully saturated rings. The fourth-order valence-corrected chi connectivity index (χ4v) is 2.45. The maximum absolute atomic E-state index is 14.2. The average molecular weight is 442 g/mol. The summed E-state index contributed by atoms with van der Waals surface area (Å²) in [5.41, 5.74) is -1.67. The lowest BCUT2D eigenvalue weighted by Gasteiger charge is -2.21. The van der Waals surface area contributed by atoms with Gasteiger partial charge in [-0.25, -0.2) is 27.9 Å². The van der Waals surface area contributed by atoms with Crippen molar-refractivity contribution in [2.45, 2.75) is 39.1 Å². The quantitative estimate of drug-likeness (QED) is 0.395. The van der Waals surface area contributed by atoms with Crippen LogP contribution in [0.1, 0.15) is 31.4 Å². The van der Waals surface area contributed by atoms with Crippen LogP contribution in [0, 0.1) is 17.5 Å². The Morgan fingerprint density at radius 1 is 1.07 bits per heavy atom. The summed E-state index contributed by atoms with van der Waals surface area (Å²) in [5, 5.41) is 1.17. The summed E-state index contributed by atoms with van der Waals surface area (Å²) >= 11 is 5.92. The number of carbonyl (C=O) groups excluding carboxylic acids is 1.